The topological polar surface area (TPSA) is 163 Å². The molecule has 5 aromatic rings. The van der Waals surface area contributed by atoms with Crippen LogP contribution in [0.2, 0.25) is 0 Å². The summed E-state index contributed by atoms with van der Waals surface area (Å²) >= 11 is 1.33. The highest BCUT2D eigenvalue weighted by molar-refractivity contribution is 7.99. The van der Waals surface area contributed by atoms with Crippen molar-refractivity contribution < 1.29 is 9.72 Å². The van der Waals surface area contributed by atoms with E-state index in [2.05, 4.69) is 36.4 Å². The summed E-state index contributed by atoms with van der Waals surface area (Å²) in [4.78, 5) is 50.1. The summed E-state index contributed by atoms with van der Waals surface area (Å²) in [6, 6.07) is 16.4. The highest BCUT2D eigenvalue weighted by Gasteiger charge is 2.20. The fraction of sp³-hybridized carbons (Fsp3) is 0.194. The third kappa shape index (κ3) is 6.93. The number of thioether (sulfide) groups is 1. The second-order valence-corrected chi connectivity index (χ2v) is 11.0. The largest absolute Gasteiger partial charge is 0.356 e. The minimum atomic E-state index is -0.549. The molecule has 0 saturated carbocycles. The Hall–Kier alpha value is -5.48. The van der Waals surface area contributed by atoms with Crippen LogP contribution >= 0.6 is 11.8 Å². The molecule has 1 atom stereocenters. The Morgan fingerprint density at radius 1 is 1.18 bits per heavy atom. The molecule has 5 rings (SSSR count). The number of fused-ring (bicyclic) bond motifs is 1. The van der Waals surface area contributed by atoms with Crippen molar-refractivity contribution in [3.05, 3.63) is 116 Å². The van der Waals surface area contributed by atoms with Gasteiger partial charge in [0.2, 0.25) is 0 Å². The van der Waals surface area contributed by atoms with Crippen LogP contribution in [-0.2, 0) is 6.54 Å². The number of aromatic nitrogens is 5. The number of nitrogens with zero attached hydrogens (tertiary/aromatic N) is 5. The first kappa shape index (κ1) is 30.0. The maximum Gasteiger partial charge on any atom is 0.269 e. The number of H-pyrrole nitrogens is 2. The first-order valence-corrected chi connectivity index (χ1v) is 14.5. The monoisotopic (exact) mass is 608 g/mol. The summed E-state index contributed by atoms with van der Waals surface area (Å²) in [6.07, 6.45) is 7.08. The van der Waals surface area contributed by atoms with Crippen LogP contribution in [0.4, 0.5) is 11.4 Å². The third-order valence-electron chi connectivity index (χ3n) is 6.99. The maximum absolute atomic E-state index is 13.4. The highest BCUT2D eigenvalue weighted by Crippen LogP contribution is 2.26. The van der Waals surface area contributed by atoms with Crippen molar-refractivity contribution in [2.75, 3.05) is 17.2 Å². The molecule has 0 radical (unpaired) electrons. The number of carbonyl (C=O) groups excluding carboxylic acids is 1. The second-order valence-electron chi connectivity index (χ2n) is 10.0. The number of hydrogen-bond acceptors (Lipinski definition) is 9. The molecule has 44 heavy (non-hydrogen) atoms. The number of terminal acetylenes is 1. The lowest BCUT2D eigenvalue weighted by Crippen LogP contribution is -2.30. The Balaban J connectivity index is 1.35. The molecular weight excluding hydrogens is 580 g/mol. The van der Waals surface area contributed by atoms with Crippen LogP contribution in [0.3, 0.4) is 0 Å². The highest BCUT2D eigenvalue weighted by atomic mass is 32.2. The molecule has 3 aromatic carbocycles. The van der Waals surface area contributed by atoms with Gasteiger partial charge < -0.3 is 15.2 Å². The standard InChI is InChI=1S/C31H28N8O4S/c1-4-12-38(16-23-15-26-27(13-19(23)2)34-20(3)35-30(26)41)24-10-8-21(9-11-24)29(40)36-28(17-44-31-32-18-33-37-31)22-6-5-7-25(14-22)39(42)43/h1,5-11,13-15,18,28H,12,16-17H2,2-3H3,(H,36,40)(H,32,33,37)(H,34,35,41). The average molecular weight is 609 g/mol. The fourth-order valence-electron chi connectivity index (χ4n) is 4.74. The van der Waals surface area contributed by atoms with Crippen LogP contribution in [0.15, 0.2) is 76.9 Å². The van der Waals surface area contributed by atoms with Gasteiger partial charge >= 0.3 is 0 Å². The van der Waals surface area contributed by atoms with Gasteiger partial charge in [0.25, 0.3) is 17.2 Å². The van der Waals surface area contributed by atoms with Gasteiger partial charge in [0.05, 0.1) is 28.4 Å². The quantitative estimate of drug-likeness (QED) is 0.0850. The molecule has 3 N–H and O–H groups in total. The Morgan fingerprint density at radius 2 is 1.98 bits per heavy atom. The lowest BCUT2D eigenvalue weighted by atomic mass is 10.0. The number of non-ortho nitro benzene ring substituents is 1. The molecule has 1 unspecified atom stereocenters. The van der Waals surface area contributed by atoms with Crippen LogP contribution in [0, 0.1) is 36.3 Å². The van der Waals surface area contributed by atoms with Crippen LogP contribution in [0.1, 0.15) is 38.9 Å². The number of hydrogen-bond donors (Lipinski definition) is 3. The number of amides is 1. The van der Waals surface area contributed by atoms with Gasteiger partial charge in [-0.1, -0.05) is 29.8 Å². The smallest absolute Gasteiger partial charge is 0.269 e. The molecule has 0 bridgehead atoms. The molecule has 2 heterocycles. The summed E-state index contributed by atoms with van der Waals surface area (Å²) in [6.45, 7) is 4.46. The fourth-order valence-corrected chi connectivity index (χ4v) is 5.58. The van der Waals surface area contributed by atoms with Crippen LogP contribution in [0.25, 0.3) is 10.9 Å². The molecule has 12 nitrogen and oxygen atoms in total. The minimum Gasteiger partial charge on any atom is -0.356 e. The summed E-state index contributed by atoms with van der Waals surface area (Å²) < 4.78 is 0. The van der Waals surface area contributed by atoms with E-state index >= 15 is 0 Å². The molecule has 0 spiro atoms. The number of benzene rings is 3. The van der Waals surface area contributed by atoms with Crippen molar-refractivity contribution in [3.63, 3.8) is 0 Å². The predicted octanol–water partition coefficient (Wildman–Crippen LogP) is 4.47. The van der Waals surface area contributed by atoms with Gasteiger partial charge in [0.15, 0.2) is 5.16 Å². The molecule has 0 saturated heterocycles. The van der Waals surface area contributed by atoms with Crippen molar-refractivity contribution in [2.45, 2.75) is 31.6 Å². The Kier molecular flexibility index (Phi) is 9.01. The van der Waals surface area contributed by atoms with E-state index in [1.54, 1.807) is 31.2 Å². The van der Waals surface area contributed by atoms with E-state index < -0.39 is 11.0 Å². The Labute approximate surface area is 256 Å². The van der Waals surface area contributed by atoms with Crippen molar-refractivity contribution in [3.8, 4) is 12.3 Å². The Bertz CT molecular complexity index is 1920. The molecule has 0 aliphatic carbocycles. The zero-order valence-corrected chi connectivity index (χ0v) is 24.7. The second kappa shape index (κ2) is 13.2. The Morgan fingerprint density at radius 3 is 2.68 bits per heavy atom. The van der Waals surface area contributed by atoms with Crippen LogP contribution in [0.5, 0.6) is 0 Å². The number of anilines is 1. The predicted molar refractivity (Wildman–Crippen MR) is 169 cm³/mol. The van der Waals surface area contributed by atoms with E-state index in [1.807, 2.05) is 36.1 Å². The number of rotatable bonds is 11. The van der Waals surface area contributed by atoms with Gasteiger partial charge in [-0.25, -0.2) is 9.97 Å². The van der Waals surface area contributed by atoms with E-state index in [9.17, 15) is 19.7 Å². The van der Waals surface area contributed by atoms with Gasteiger partial charge in [-0.05, 0) is 66.9 Å². The average Bonchev–Trinajstić information content (AvgIpc) is 3.53. The van der Waals surface area contributed by atoms with Gasteiger partial charge in [-0.3, -0.25) is 24.8 Å². The normalized spacial score (nSPS) is 11.6. The van der Waals surface area contributed by atoms with E-state index in [4.69, 9.17) is 6.42 Å². The van der Waals surface area contributed by atoms with Crippen molar-refractivity contribution in [1.82, 2.24) is 30.5 Å². The van der Waals surface area contributed by atoms with Crippen LogP contribution < -0.4 is 15.8 Å². The minimum absolute atomic E-state index is 0.0676. The zero-order chi connectivity index (χ0) is 31.2. The third-order valence-corrected chi connectivity index (χ3v) is 7.96. The zero-order valence-electron chi connectivity index (χ0n) is 23.9. The van der Waals surface area contributed by atoms with Crippen molar-refractivity contribution in [2.24, 2.45) is 0 Å². The van der Waals surface area contributed by atoms with Gasteiger partial charge in [-0.15, -0.1) is 6.42 Å². The lowest BCUT2D eigenvalue weighted by Gasteiger charge is -2.24. The first-order chi connectivity index (χ1) is 21.2. The molecule has 0 fully saturated rings. The van der Waals surface area contributed by atoms with Gasteiger partial charge in [-0.2, -0.15) is 5.10 Å². The number of carbonyl (C=O) groups is 1. The van der Waals surface area contributed by atoms with Crippen molar-refractivity contribution in [1.29, 1.82) is 0 Å². The SMILES string of the molecule is C#CCN(Cc1cc2c(=O)[nH]c(C)nc2cc1C)c1ccc(C(=O)NC(CSc2ncn[nH]2)c2cccc([N+](=O)[O-])c2)cc1. The van der Waals surface area contributed by atoms with Crippen molar-refractivity contribution >= 4 is 39.9 Å². The lowest BCUT2D eigenvalue weighted by molar-refractivity contribution is -0.384. The summed E-state index contributed by atoms with van der Waals surface area (Å²) in [5, 5.41) is 22.0. The molecule has 2 aromatic heterocycles. The molecule has 222 valence electrons. The molecular formula is C31H28N8O4S. The summed E-state index contributed by atoms with van der Waals surface area (Å²) in [5.41, 5.74) is 4.06. The van der Waals surface area contributed by atoms with E-state index in [0.29, 0.717) is 51.9 Å². The number of aromatic amines is 2. The summed E-state index contributed by atoms with van der Waals surface area (Å²) in [5.74, 6) is 3.25. The molecule has 1 amide bonds. The number of nitro groups is 1. The number of nitro benzene ring substituents is 1. The van der Waals surface area contributed by atoms with E-state index in [1.165, 1.54) is 30.2 Å². The maximum atomic E-state index is 13.4. The number of aryl methyl sites for hydroxylation is 2. The van der Waals surface area contributed by atoms with Crippen LogP contribution in [-0.4, -0.2) is 48.3 Å². The van der Waals surface area contributed by atoms with E-state index in [-0.39, 0.29) is 17.2 Å². The summed E-state index contributed by atoms with van der Waals surface area (Å²) in [7, 11) is 0. The first-order valence-electron chi connectivity index (χ1n) is 13.5. The molecule has 0 aliphatic rings. The molecule has 13 heteroatoms. The molecule has 0 aliphatic heterocycles. The van der Waals surface area contributed by atoms with Gasteiger partial charge in [0, 0.05) is 35.7 Å². The number of nitrogens with one attached hydrogen (secondary N) is 3. The van der Waals surface area contributed by atoms with E-state index in [0.717, 1.165) is 16.8 Å². The van der Waals surface area contributed by atoms with Gasteiger partial charge in [0.1, 0.15) is 12.2 Å².